The van der Waals surface area contributed by atoms with E-state index >= 15 is 0 Å². The van der Waals surface area contributed by atoms with E-state index in [2.05, 4.69) is 0 Å². The Bertz CT molecular complexity index is 759. The standard InChI is InChI=1S/C16H12O4/c1-8-7-11(17)12-13(16(8)20-2)15(19)10-6-4-3-5-9(10)14(12)18/h3-7,17H,1-2H3. The molecule has 0 saturated carbocycles. The highest BCUT2D eigenvalue weighted by molar-refractivity contribution is 6.30. The van der Waals surface area contributed by atoms with E-state index in [9.17, 15) is 14.7 Å². The Morgan fingerprint density at radius 1 is 1.00 bits per heavy atom. The molecule has 1 N–H and O–H groups in total. The van der Waals surface area contributed by atoms with E-state index in [-0.39, 0.29) is 28.4 Å². The summed E-state index contributed by atoms with van der Waals surface area (Å²) in [6, 6.07) is 8.03. The Kier molecular flexibility index (Phi) is 2.61. The molecule has 0 aliphatic heterocycles. The fourth-order valence-electron chi connectivity index (χ4n) is 2.64. The van der Waals surface area contributed by atoms with Gasteiger partial charge in [-0.3, -0.25) is 9.59 Å². The molecule has 0 unspecified atom stereocenters. The van der Waals surface area contributed by atoms with Crippen LogP contribution in [0.2, 0.25) is 0 Å². The smallest absolute Gasteiger partial charge is 0.198 e. The van der Waals surface area contributed by atoms with E-state index in [1.807, 2.05) is 0 Å². The van der Waals surface area contributed by atoms with Crippen LogP contribution in [0.1, 0.15) is 37.4 Å². The highest BCUT2D eigenvalue weighted by atomic mass is 16.5. The van der Waals surface area contributed by atoms with Crippen molar-refractivity contribution >= 4 is 11.6 Å². The van der Waals surface area contributed by atoms with Gasteiger partial charge in [0.05, 0.1) is 18.2 Å². The number of aryl methyl sites for hydroxylation is 1. The van der Waals surface area contributed by atoms with Gasteiger partial charge >= 0.3 is 0 Å². The highest BCUT2D eigenvalue weighted by Gasteiger charge is 2.35. The van der Waals surface area contributed by atoms with Gasteiger partial charge < -0.3 is 9.84 Å². The van der Waals surface area contributed by atoms with Crippen LogP contribution in [0.5, 0.6) is 11.5 Å². The van der Waals surface area contributed by atoms with Gasteiger partial charge in [0.1, 0.15) is 11.5 Å². The molecule has 0 spiro atoms. The van der Waals surface area contributed by atoms with Gasteiger partial charge in [0.25, 0.3) is 0 Å². The number of ketones is 2. The van der Waals surface area contributed by atoms with Crippen molar-refractivity contribution in [2.24, 2.45) is 0 Å². The van der Waals surface area contributed by atoms with Crippen LogP contribution in [0.3, 0.4) is 0 Å². The number of ether oxygens (including phenoxy) is 1. The Hall–Kier alpha value is -2.62. The molecule has 2 aromatic carbocycles. The maximum Gasteiger partial charge on any atom is 0.198 e. The average Bonchev–Trinajstić information content (AvgIpc) is 2.44. The largest absolute Gasteiger partial charge is 0.507 e. The molecule has 100 valence electrons. The van der Waals surface area contributed by atoms with E-state index in [1.165, 1.54) is 13.2 Å². The van der Waals surface area contributed by atoms with Crippen molar-refractivity contribution in [2.75, 3.05) is 7.11 Å². The molecular weight excluding hydrogens is 256 g/mol. The number of carbonyl (C=O) groups is 2. The van der Waals surface area contributed by atoms with Gasteiger partial charge in [-0.1, -0.05) is 24.3 Å². The molecule has 1 aliphatic carbocycles. The maximum absolute atomic E-state index is 12.6. The van der Waals surface area contributed by atoms with Crippen LogP contribution in [-0.4, -0.2) is 23.8 Å². The maximum atomic E-state index is 12.6. The van der Waals surface area contributed by atoms with E-state index in [1.54, 1.807) is 31.2 Å². The second kappa shape index (κ2) is 4.20. The number of fused-ring (bicyclic) bond motifs is 2. The second-order valence-corrected chi connectivity index (χ2v) is 4.70. The van der Waals surface area contributed by atoms with Crippen molar-refractivity contribution in [1.82, 2.24) is 0 Å². The van der Waals surface area contributed by atoms with Crippen molar-refractivity contribution in [3.05, 3.63) is 58.1 Å². The summed E-state index contributed by atoms with van der Waals surface area (Å²) in [4.78, 5) is 25.1. The fraction of sp³-hybridized carbons (Fsp3) is 0.125. The summed E-state index contributed by atoms with van der Waals surface area (Å²) in [6.07, 6.45) is 0. The minimum Gasteiger partial charge on any atom is -0.507 e. The van der Waals surface area contributed by atoms with Gasteiger partial charge in [-0.2, -0.15) is 0 Å². The summed E-state index contributed by atoms with van der Waals surface area (Å²) in [5, 5.41) is 10.0. The molecule has 20 heavy (non-hydrogen) atoms. The number of carbonyl (C=O) groups excluding carboxylic acids is 2. The molecule has 0 aromatic heterocycles. The summed E-state index contributed by atoms with van der Waals surface area (Å²) in [6.45, 7) is 1.72. The molecule has 3 rings (SSSR count). The number of hydrogen-bond acceptors (Lipinski definition) is 4. The third kappa shape index (κ3) is 1.48. The lowest BCUT2D eigenvalue weighted by Crippen LogP contribution is -2.22. The van der Waals surface area contributed by atoms with E-state index in [0.717, 1.165) is 0 Å². The number of phenols is 1. The van der Waals surface area contributed by atoms with Crippen LogP contribution < -0.4 is 4.74 Å². The quantitative estimate of drug-likeness (QED) is 0.736. The van der Waals surface area contributed by atoms with Gasteiger partial charge in [0.2, 0.25) is 0 Å². The van der Waals surface area contributed by atoms with Gasteiger partial charge in [-0.15, -0.1) is 0 Å². The summed E-state index contributed by atoms with van der Waals surface area (Å²) >= 11 is 0. The van der Waals surface area contributed by atoms with Gasteiger partial charge in [-0.25, -0.2) is 0 Å². The zero-order chi connectivity index (χ0) is 14.4. The van der Waals surface area contributed by atoms with Crippen molar-refractivity contribution < 1.29 is 19.4 Å². The molecule has 0 bridgehead atoms. The SMILES string of the molecule is COc1c(C)cc(O)c2c1C(=O)c1ccccc1C2=O. The number of rotatable bonds is 1. The minimum atomic E-state index is -0.356. The van der Waals surface area contributed by atoms with E-state index < -0.39 is 0 Å². The summed E-state index contributed by atoms with van der Waals surface area (Å²) in [7, 11) is 1.44. The average molecular weight is 268 g/mol. The number of hydrogen-bond donors (Lipinski definition) is 1. The van der Waals surface area contributed by atoms with Crippen molar-refractivity contribution in [3.8, 4) is 11.5 Å². The molecule has 2 aromatic rings. The summed E-state index contributed by atoms with van der Waals surface area (Å²) in [5.74, 6) is -0.506. The molecule has 4 heteroatoms. The van der Waals surface area contributed by atoms with Crippen molar-refractivity contribution in [3.63, 3.8) is 0 Å². The van der Waals surface area contributed by atoms with Crippen LogP contribution in [0.25, 0.3) is 0 Å². The summed E-state index contributed by atoms with van der Waals surface area (Å²) < 4.78 is 5.25. The molecule has 0 saturated heterocycles. The monoisotopic (exact) mass is 268 g/mol. The topological polar surface area (TPSA) is 63.6 Å². The number of methoxy groups -OCH3 is 1. The Morgan fingerprint density at radius 2 is 1.55 bits per heavy atom. The first-order valence-corrected chi connectivity index (χ1v) is 6.15. The molecule has 0 radical (unpaired) electrons. The Labute approximate surface area is 115 Å². The molecule has 0 atom stereocenters. The highest BCUT2D eigenvalue weighted by Crippen LogP contribution is 2.39. The lowest BCUT2D eigenvalue weighted by molar-refractivity contribution is 0.0974. The van der Waals surface area contributed by atoms with E-state index in [0.29, 0.717) is 22.4 Å². The second-order valence-electron chi connectivity index (χ2n) is 4.70. The van der Waals surface area contributed by atoms with Crippen LogP contribution in [-0.2, 0) is 0 Å². The van der Waals surface area contributed by atoms with Gasteiger partial charge in [0, 0.05) is 11.1 Å². The zero-order valence-corrected chi connectivity index (χ0v) is 11.1. The van der Waals surface area contributed by atoms with Crippen LogP contribution in [0.4, 0.5) is 0 Å². The third-order valence-corrected chi connectivity index (χ3v) is 3.52. The van der Waals surface area contributed by atoms with Crippen LogP contribution in [0, 0.1) is 6.92 Å². The number of aromatic hydroxyl groups is 1. The molecular formula is C16H12O4. The van der Waals surface area contributed by atoms with Crippen molar-refractivity contribution in [2.45, 2.75) is 6.92 Å². The van der Waals surface area contributed by atoms with Crippen LogP contribution in [0.15, 0.2) is 30.3 Å². The first-order chi connectivity index (χ1) is 9.56. The molecule has 1 aliphatic rings. The zero-order valence-electron chi connectivity index (χ0n) is 11.1. The first kappa shape index (κ1) is 12.4. The Balaban J connectivity index is 2.42. The lowest BCUT2D eigenvalue weighted by Gasteiger charge is -2.21. The molecule has 0 fully saturated rings. The van der Waals surface area contributed by atoms with Crippen molar-refractivity contribution in [1.29, 1.82) is 0 Å². The number of phenolic OH excluding ortho intramolecular Hbond substituents is 1. The Morgan fingerprint density at radius 3 is 2.10 bits per heavy atom. The predicted octanol–water partition coefficient (Wildman–Crippen LogP) is 2.48. The lowest BCUT2D eigenvalue weighted by atomic mass is 9.82. The minimum absolute atomic E-state index is 0.0242. The van der Waals surface area contributed by atoms with Crippen LogP contribution >= 0.6 is 0 Å². The predicted molar refractivity (Wildman–Crippen MR) is 72.7 cm³/mol. The normalized spacial score (nSPS) is 12.9. The summed E-state index contributed by atoms with van der Waals surface area (Å²) in [5.41, 5.74) is 1.44. The third-order valence-electron chi connectivity index (χ3n) is 3.52. The number of benzene rings is 2. The first-order valence-electron chi connectivity index (χ1n) is 6.15. The van der Waals surface area contributed by atoms with E-state index in [4.69, 9.17) is 4.74 Å². The van der Waals surface area contributed by atoms with Gasteiger partial charge in [-0.05, 0) is 18.6 Å². The molecule has 0 amide bonds. The van der Waals surface area contributed by atoms with Gasteiger partial charge in [0.15, 0.2) is 11.6 Å². The molecule has 4 nitrogen and oxygen atoms in total. The fourth-order valence-corrected chi connectivity index (χ4v) is 2.64. The molecule has 0 heterocycles.